The van der Waals surface area contributed by atoms with Crippen molar-refractivity contribution in [2.45, 2.75) is 90.9 Å². The van der Waals surface area contributed by atoms with E-state index in [1.807, 2.05) is 22.7 Å². The van der Waals surface area contributed by atoms with Crippen LogP contribution in [0.1, 0.15) is 87.8 Å². The van der Waals surface area contributed by atoms with Gasteiger partial charge in [0.15, 0.2) is 0 Å². The van der Waals surface area contributed by atoms with Crippen LogP contribution in [0, 0.1) is 0 Å². The first-order valence-corrected chi connectivity index (χ1v) is 15.3. The fraction of sp³-hybridized carbons (Fsp3) is 0.438. The zero-order valence-corrected chi connectivity index (χ0v) is 22.6. The summed E-state index contributed by atoms with van der Waals surface area (Å²) in [5.74, 6) is 0. The number of fused-ring (bicyclic) bond motifs is 7. The summed E-state index contributed by atoms with van der Waals surface area (Å²) in [5, 5.41) is 16.3. The number of unbranched alkanes of at least 4 members (excludes halogenated alkanes) is 8. The minimum atomic E-state index is 1.23. The van der Waals surface area contributed by atoms with Gasteiger partial charge in [-0.1, -0.05) is 102 Å². The molecule has 0 amide bonds. The van der Waals surface area contributed by atoms with Crippen LogP contribution >= 0.6 is 22.7 Å². The lowest BCUT2D eigenvalue weighted by Crippen LogP contribution is -1.85. The van der Waals surface area contributed by atoms with Crippen LogP contribution in [0.3, 0.4) is 0 Å². The summed E-state index contributed by atoms with van der Waals surface area (Å²) in [7, 11) is 0. The second kappa shape index (κ2) is 11.2. The number of thiophene rings is 2. The first kappa shape index (κ1) is 23.8. The van der Waals surface area contributed by atoms with Crippen LogP contribution in [0.15, 0.2) is 47.2 Å². The van der Waals surface area contributed by atoms with Gasteiger partial charge < -0.3 is 0 Å². The summed E-state index contributed by atoms with van der Waals surface area (Å²) in [6.07, 6.45) is 16.0. The fourth-order valence-electron chi connectivity index (χ4n) is 5.56. The third-order valence-corrected chi connectivity index (χ3v) is 9.66. The minimum Gasteiger partial charge on any atom is -0.148 e. The summed E-state index contributed by atoms with van der Waals surface area (Å²) in [6, 6.07) is 14.3. The van der Waals surface area contributed by atoms with E-state index in [0.29, 0.717) is 0 Å². The summed E-state index contributed by atoms with van der Waals surface area (Å²) >= 11 is 3.93. The molecule has 2 heterocycles. The van der Waals surface area contributed by atoms with Crippen LogP contribution in [-0.4, -0.2) is 0 Å². The average molecular weight is 487 g/mol. The van der Waals surface area contributed by atoms with Crippen molar-refractivity contribution in [3.05, 3.63) is 56.9 Å². The van der Waals surface area contributed by atoms with Crippen molar-refractivity contribution >= 4 is 65.8 Å². The van der Waals surface area contributed by atoms with Crippen LogP contribution in [-0.2, 0) is 12.8 Å². The number of hydrogen-bond acceptors (Lipinski definition) is 2. The van der Waals surface area contributed by atoms with Crippen LogP contribution < -0.4 is 0 Å². The SMILES string of the molecule is CCCCCCCc1scc2c1ccc1c2ccc2c3csc(CCCCCCC)c3ccc21. The highest BCUT2D eigenvalue weighted by molar-refractivity contribution is 7.12. The van der Waals surface area contributed by atoms with Gasteiger partial charge in [-0.25, -0.2) is 0 Å². The lowest BCUT2D eigenvalue weighted by atomic mass is 9.95. The smallest absolute Gasteiger partial charge is 0.0124 e. The molecule has 0 N–H and O–H groups in total. The van der Waals surface area contributed by atoms with Gasteiger partial charge in [-0.3, -0.25) is 0 Å². The standard InChI is InChI=1S/C32H38S2/c1-3-5-7-9-11-13-31-27-19-17-23-24-18-20-28-30(22-34-32(28)14-12-10-8-6-4-2)26(24)16-15-25(23)29(27)21-33-31/h15-22H,3-14H2,1-2H3. The molecule has 0 nitrogen and oxygen atoms in total. The topological polar surface area (TPSA) is 0 Å². The van der Waals surface area contributed by atoms with Crippen molar-refractivity contribution in [3.63, 3.8) is 0 Å². The molecule has 3 aromatic carbocycles. The Kier molecular flexibility index (Phi) is 7.87. The van der Waals surface area contributed by atoms with E-state index in [2.05, 4.69) is 61.0 Å². The van der Waals surface area contributed by atoms with E-state index in [0.717, 1.165) is 0 Å². The highest BCUT2D eigenvalue weighted by atomic mass is 32.1. The third-order valence-electron chi connectivity index (χ3n) is 7.53. The molecule has 5 rings (SSSR count). The molecule has 2 heteroatoms. The molecule has 178 valence electrons. The van der Waals surface area contributed by atoms with Crippen molar-refractivity contribution in [1.29, 1.82) is 0 Å². The Morgan fingerprint density at radius 1 is 0.412 bits per heavy atom. The molecule has 0 fully saturated rings. The molecule has 5 aromatic rings. The Morgan fingerprint density at radius 3 is 1.18 bits per heavy atom. The molecule has 34 heavy (non-hydrogen) atoms. The number of benzene rings is 3. The highest BCUT2D eigenvalue weighted by Gasteiger charge is 2.13. The fourth-order valence-corrected chi connectivity index (χ4v) is 7.72. The van der Waals surface area contributed by atoms with Crippen molar-refractivity contribution in [2.24, 2.45) is 0 Å². The van der Waals surface area contributed by atoms with Gasteiger partial charge in [0, 0.05) is 20.5 Å². The molecule has 0 aliphatic carbocycles. The van der Waals surface area contributed by atoms with Gasteiger partial charge in [0.2, 0.25) is 0 Å². The summed E-state index contributed by atoms with van der Waals surface area (Å²) in [5.41, 5.74) is 0. The summed E-state index contributed by atoms with van der Waals surface area (Å²) in [4.78, 5) is 3.15. The van der Waals surface area contributed by atoms with Gasteiger partial charge in [0.05, 0.1) is 0 Å². The average Bonchev–Trinajstić information content (AvgIpc) is 3.48. The molecular formula is C32H38S2. The van der Waals surface area contributed by atoms with Gasteiger partial charge in [0.25, 0.3) is 0 Å². The van der Waals surface area contributed by atoms with Crippen LogP contribution in [0.25, 0.3) is 43.1 Å². The first-order chi connectivity index (χ1) is 16.8. The number of rotatable bonds is 12. The van der Waals surface area contributed by atoms with Crippen molar-refractivity contribution in [3.8, 4) is 0 Å². The molecule has 0 spiro atoms. The third kappa shape index (κ3) is 4.77. The molecular weight excluding hydrogens is 448 g/mol. The Balaban J connectivity index is 1.43. The van der Waals surface area contributed by atoms with E-state index in [-0.39, 0.29) is 0 Å². The second-order valence-corrected chi connectivity index (χ2v) is 11.9. The minimum absolute atomic E-state index is 1.23. The predicted octanol–water partition coefficient (Wildman–Crippen LogP) is 11.4. The van der Waals surface area contributed by atoms with Gasteiger partial charge >= 0.3 is 0 Å². The Hall–Kier alpha value is -1.90. The molecule has 0 unspecified atom stereocenters. The molecule has 0 aliphatic rings. The quantitative estimate of drug-likeness (QED) is 0.121. The number of aryl methyl sites for hydroxylation is 2. The van der Waals surface area contributed by atoms with E-state index in [9.17, 15) is 0 Å². The van der Waals surface area contributed by atoms with Crippen molar-refractivity contribution < 1.29 is 0 Å². The largest absolute Gasteiger partial charge is 0.148 e. The molecule has 0 saturated carbocycles. The Bertz CT molecular complexity index is 1280. The van der Waals surface area contributed by atoms with Gasteiger partial charge in [-0.05, 0) is 68.8 Å². The zero-order valence-electron chi connectivity index (χ0n) is 20.9. The molecule has 2 aromatic heterocycles. The lowest BCUT2D eigenvalue weighted by Gasteiger charge is -2.08. The molecule has 0 saturated heterocycles. The van der Waals surface area contributed by atoms with Gasteiger partial charge in [-0.15, -0.1) is 22.7 Å². The van der Waals surface area contributed by atoms with Gasteiger partial charge in [-0.2, -0.15) is 0 Å². The number of hydrogen-bond donors (Lipinski definition) is 0. The summed E-state index contributed by atoms with van der Waals surface area (Å²) in [6.45, 7) is 4.58. The monoisotopic (exact) mass is 486 g/mol. The maximum atomic E-state index is 2.41. The Morgan fingerprint density at radius 2 is 0.765 bits per heavy atom. The zero-order chi connectivity index (χ0) is 23.3. The lowest BCUT2D eigenvalue weighted by molar-refractivity contribution is 0.635. The maximum Gasteiger partial charge on any atom is 0.0124 e. The van der Waals surface area contributed by atoms with E-state index in [4.69, 9.17) is 0 Å². The van der Waals surface area contributed by atoms with Crippen molar-refractivity contribution in [1.82, 2.24) is 0 Å². The predicted molar refractivity (Wildman–Crippen MR) is 157 cm³/mol. The van der Waals surface area contributed by atoms with E-state index in [1.54, 1.807) is 9.75 Å². The highest BCUT2D eigenvalue weighted by Crippen LogP contribution is 2.39. The van der Waals surface area contributed by atoms with E-state index >= 15 is 0 Å². The molecule has 0 radical (unpaired) electrons. The normalized spacial score (nSPS) is 12.1. The maximum absolute atomic E-state index is 2.41. The molecule has 0 aliphatic heterocycles. The second-order valence-electron chi connectivity index (χ2n) is 9.96. The molecule has 0 atom stereocenters. The van der Waals surface area contributed by atoms with Crippen LogP contribution in [0.5, 0.6) is 0 Å². The van der Waals surface area contributed by atoms with Crippen LogP contribution in [0.4, 0.5) is 0 Å². The first-order valence-electron chi connectivity index (χ1n) is 13.6. The van der Waals surface area contributed by atoms with Gasteiger partial charge in [0.1, 0.15) is 0 Å². The summed E-state index contributed by atoms with van der Waals surface area (Å²) < 4.78 is 0. The van der Waals surface area contributed by atoms with E-state index < -0.39 is 0 Å². The van der Waals surface area contributed by atoms with Crippen LogP contribution in [0.2, 0.25) is 0 Å². The van der Waals surface area contributed by atoms with E-state index in [1.165, 1.54) is 120 Å². The molecule has 0 bridgehead atoms. The van der Waals surface area contributed by atoms with Crippen molar-refractivity contribution in [2.75, 3.05) is 0 Å². The Labute approximate surface area is 213 Å².